The van der Waals surface area contributed by atoms with Gasteiger partial charge in [-0.2, -0.15) is 0 Å². The lowest BCUT2D eigenvalue weighted by Gasteiger charge is -2.18. The molecule has 1 atom stereocenters. The molecule has 0 aromatic heterocycles. The van der Waals surface area contributed by atoms with E-state index in [1.165, 1.54) is 30.3 Å². The van der Waals surface area contributed by atoms with Gasteiger partial charge in [-0.05, 0) is 61.0 Å². The van der Waals surface area contributed by atoms with Crippen molar-refractivity contribution >= 4 is 50.5 Å². The van der Waals surface area contributed by atoms with Gasteiger partial charge in [0.2, 0.25) is 0 Å². The van der Waals surface area contributed by atoms with Gasteiger partial charge in [0.15, 0.2) is 6.10 Å². The van der Waals surface area contributed by atoms with E-state index in [4.69, 9.17) is 27.9 Å². The standard InChI is InChI=1S/C22H20Cl2N2O4S/c1-2-20(30-21-9-4-3-8-19(21)24)22(27)25-16-10-12-18(13-11-16)31(28,29)26-17-7-5-6-15(23)14-17/h3-14,20,26H,2H2,1H3,(H,25,27). The summed E-state index contributed by atoms with van der Waals surface area (Å²) in [5, 5.41) is 3.56. The molecule has 0 bridgehead atoms. The van der Waals surface area contributed by atoms with Crippen LogP contribution in [0.15, 0.2) is 77.7 Å². The normalized spacial score (nSPS) is 12.1. The summed E-state index contributed by atoms with van der Waals surface area (Å²) in [7, 11) is -3.80. The Balaban J connectivity index is 1.67. The topological polar surface area (TPSA) is 84.5 Å². The first-order chi connectivity index (χ1) is 14.8. The molecule has 0 saturated carbocycles. The molecule has 9 heteroatoms. The maximum atomic E-state index is 12.6. The van der Waals surface area contributed by atoms with Gasteiger partial charge in [0.1, 0.15) is 5.75 Å². The highest BCUT2D eigenvalue weighted by Crippen LogP contribution is 2.25. The smallest absolute Gasteiger partial charge is 0.265 e. The van der Waals surface area contributed by atoms with Crippen molar-refractivity contribution in [2.45, 2.75) is 24.3 Å². The van der Waals surface area contributed by atoms with E-state index in [9.17, 15) is 13.2 Å². The number of hydrogen-bond acceptors (Lipinski definition) is 4. The molecule has 0 fully saturated rings. The third-order valence-electron chi connectivity index (χ3n) is 4.28. The molecular formula is C22H20Cl2N2O4S. The van der Waals surface area contributed by atoms with Gasteiger partial charge in [-0.15, -0.1) is 0 Å². The zero-order chi connectivity index (χ0) is 22.4. The molecule has 0 aliphatic heterocycles. The number of benzene rings is 3. The minimum Gasteiger partial charge on any atom is -0.479 e. The lowest BCUT2D eigenvalue weighted by Crippen LogP contribution is -2.32. The van der Waals surface area contributed by atoms with Crippen LogP contribution in [-0.2, 0) is 14.8 Å². The molecule has 162 valence electrons. The van der Waals surface area contributed by atoms with E-state index in [-0.39, 0.29) is 10.8 Å². The van der Waals surface area contributed by atoms with Gasteiger partial charge >= 0.3 is 0 Å². The number of halogens is 2. The molecule has 0 heterocycles. The predicted octanol–water partition coefficient (Wildman–Crippen LogP) is 5.59. The largest absolute Gasteiger partial charge is 0.479 e. The number of sulfonamides is 1. The highest BCUT2D eigenvalue weighted by Gasteiger charge is 2.20. The van der Waals surface area contributed by atoms with Crippen LogP contribution in [0.3, 0.4) is 0 Å². The highest BCUT2D eigenvalue weighted by molar-refractivity contribution is 7.92. The first kappa shape index (κ1) is 22.9. The molecule has 1 unspecified atom stereocenters. The minimum absolute atomic E-state index is 0.0461. The number of anilines is 2. The van der Waals surface area contributed by atoms with Gasteiger partial charge in [0.25, 0.3) is 15.9 Å². The highest BCUT2D eigenvalue weighted by atomic mass is 35.5. The number of nitrogens with one attached hydrogen (secondary N) is 2. The van der Waals surface area contributed by atoms with E-state index in [0.717, 1.165) is 0 Å². The van der Waals surface area contributed by atoms with E-state index in [1.54, 1.807) is 42.5 Å². The monoisotopic (exact) mass is 478 g/mol. The Morgan fingerprint density at radius 2 is 1.68 bits per heavy atom. The number of amides is 1. The molecular weight excluding hydrogens is 459 g/mol. The Kier molecular flexibility index (Phi) is 7.43. The van der Waals surface area contributed by atoms with Crippen LogP contribution in [0.5, 0.6) is 5.75 Å². The van der Waals surface area contributed by atoms with Crippen LogP contribution < -0.4 is 14.8 Å². The van der Waals surface area contributed by atoms with Crippen molar-refractivity contribution in [3.8, 4) is 5.75 Å². The molecule has 3 aromatic carbocycles. The van der Waals surface area contributed by atoms with Crippen LogP contribution in [-0.4, -0.2) is 20.4 Å². The third-order valence-corrected chi connectivity index (χ3v) is 6.22. The molecule has 1 amide bonds. The van der Waals surface area contributed by atoms with Crippen molar-refractivity contribution in [1.82, 2.24) is 0 Å². The van der Waals surface area contributed by atoms with E-state index in [0.29, 0.717) is 33.6 Å². The molecule has 0 aliphatic carbocycles. The van der Waals surface area contributed by atoms with Gasteiger partial charge in [-0.1, -0.05) is 48.3 Å². The lowest BCUT2D eigenvalue weighted by atomic mass is 10.2. The second-order valence-electron chi connectivity index (χ2n) is 6.57. The second-order valence-corrected chi connectivity index (χ2v) is 9.10. The average Bonchev–Trinajstić information content (AvgIpc) is 2.73. The van der Waals surface area contributed by atoms with Crippen molar-refractivity contribution in [3.63, 3.8) is 0 Å². The summed E-state index contributed by atoms with van der Waals surface area (Å²) in [6.07, 6.45) is -0.333. The molecule has 2 N–H and O–H groups in total. The number of carbonyl (C=O) groups excluding carboxylic acids is 1. The maximum Gasteiger partial charge on any atom is 0.265 e. The van der Waals surface area contributed by atoms with E-state index < -0.39 is 16.1 Å². The van der Waals surface area contributed by atoms with Crippen LogP contribution >= 0.6 is 23.2 Å². The number of para-hydroxylation sites is 1. The Labute approximate surface area is 191 Å². The average molecular weight is 479 g/mol. The molecule has 6 nitrogen and oxygen atoms in total. The zero-order valence-corrected chi connectivity index (χ0v) is 18.8. The molecule has 3 aromatic rings. The van der Waals surface area contributed by atoms with Crippen molar-refractivity contribution in [1.29, 1.82) is 0 Å². The van der Waals surface area contributed by atoms with Gasteiger partial charge in [-0.25, -0.2) is 8.42 Å². The van der Waals surface area contributed by atoms with E-state index >= 15 is 0 Å². The first-order valence-corrected chi connectivity index (χ1v) is 11.6. The fourth-order valence-electron chi connectivity index (χ4n) is 2.72. The Morgan fingerprint density at radius 1 is 0.968 bits per heavy atom. The molecule has 0 aliphatic rings. The summed E-state index contributed by atoms with van der Waals surface area (Å²) in [6, 6.07) is 19.1. The predicted molar refractivity (Wildman–Crippen MR) is 123 cm³/mol. The second kappa shape index (κ2) is 10.0. The Morgan fingerprint density at radius 3 is 2.32 bits per heavy atom. The summed E-state index contributed by atoms with van der Waals surface area (Å²) in [5.74, 6) is 0.0507. The fourth-order valence-corrected chi connectivity index (χ4v) is 4.14. The van der Waals surface area contributed by atoms with E-state index in [2.05, 4.69) is 10.0 Å². The van der Waals surface area contributed by atoms with Crippen LogP contribution in [0, 0.1) is 0 Å². The zero-order valence-electron chi connectivity index (χ0n) is 16.5. The summed E-state index contributed by atoms with van der Waals surface area (Å²) in [4.78, 5) is 12.6. The van der Waals surface area contributed by atoms with Crippen molar-refractivity contribution < 1.29 is 17.9 Å². The molecule has 0 spiro atoms. The Hall–Kier alpha value is -2.74. The number of ether oxygens (including phenoxy) is 1. The number of hydrogen-bond donors (Lipinski definition) is 2. The summed E-state index contributed by atoms with van der Waals surface area (Å²) in [5.41, 5.74) is 0.792. The molecule has 0 radical (unpaired) electrons. The molecule has 0 saturated heterocycles. The first-order valence-electron chi connectivity index (χ1n) is 9.39. The number of carbonyl (C=O) groups is 1. The number of rotatable bonds is 8. The fraction of sp³-hybridized carbons (Fsp3) is 0.136. The Bertz CT molecular complexity index is 1170. The summed E-state index contributed by atoms with van der Waals surface area (Å²) < 4.78 is 33.3. The van der Waals surface area contributed by atoms with Crippen molar-refractivity contribution in [2.24, 2.45) is 0 Å². The third kappa shape index (κ3) is 6.13. The lowest BCUT2D eigenvalue weighted by molar-refractivity contribution is -0.122. The summed E-state index contributed by atoms with van der Waals surface area (Å²) >= 11 is 12.0. The van der Waals surface area contributed by atoms with Crippen LogP contribution in [0.25, 0.3) is 0 Å². The quantitative estimate of drug-likeness (QED) is 0.441. The van der Waals surface area contributed by atoms with Crippen LogP contribution in [0.1, 0.15) is 13.3 Å². The van der Waals surface area contributed by atoms with Crippen molar-refractivity contribution in [3.05, 3.63) is 82.8 Å². The van der Waals surface area contributed by atoms with Crippen LogP contribution in [0.2, 0.25) is 10.0 Å². The maximum absolute atomic E-state index is 12.6. The van der Waals surface area contributed by atoms with Gasteiger partial charge in [0, 0.05) is 10.7 Å². The van der Waals surface area contributed by atoms with Gasteiger partial charge in [0.05, 0.1) is 15.6 Å². The van der Waals surface area contributed by atoms with Gasteiger partial charge < -0.3 is 10.1 Å². The molecule has 3 rings (SSSR count). The minimum atomic E-state index is -3.80. The van der Waals surface area contributed by atoms with Gasteiger partial charge in [-0.3, -0.25) is 9.52 Å². The SMILES string of the molecule is CCC(Oc1ccccc1Cl)C(=O)Nc1ccc(S(=O)(=O)Nc2cccc(Cl)c2)cc1. The molecule has 31 heavy (non-hydrogen) atoms. The van der Waals surface area contributed by atoms with Crippen LogP contribution in [0.4, 0.5) is 11.4 Å². The van der Waals surface area contributed by atoms with E-state index in [1.807, 2.05) is 6.92 Å². The summed E-state index contributed by atoms with van der Waals surface area (Å²) in [6.45, 7) is 1.82. The van der Waals surface area contributed by atoms with Crippen molar-refractivity contribution in [2.75, 3.05) is 10.0 Å².